The van der Waals surface area contributed by atoms with E-state index in [4.69, 9.17) is 9.84 Å². The van der Waals surface area contributed by atoms with E-state index in [-0.39, 0.29) is 6.09 Å². The van der Waals surface area contributed by atoms with Gasteiger partial charge in [0, 0.05) is 42.9 Å². The van der Waals surface area contributed by atoms with Crippen LogP contribution in [0.2, 0.25) is 0 Å². The third-order valence-corrected chi connectivity index (χ3v) is 8.20. The molecule has 2 bridgehead atoms. The first-order valence-electron chi connectivity index (χ1n) is 12.8. The summed E-state index contributed by atoms with van der Waals surface area (Å²) in [7, 11) is 2.12. The molecule has 1 amide bonds. The first-order valence-corrected chi connectivity index (χ1v) is 12.8. The number of nitrogens with one attached hydrogen (secondary N) is 1. The molecule has 0 spiro atoms. The van der Waals surface area contributed by atoms with Crippen molar-refractivity contribution in [3.8, 4) is 0 Å². The number of aromatic nitrogens is 2. The molecule has 1 aliphatic carbocycles. The van der Waals surface area contributed by atoms with Gasteiger partial charge in [-0.3, -0.25) is 14.9 Å². The van der Waals surface area contributed by atoms with Gasteiger partial charge in [0.1, 0.15) is 6.61 Å². The highest BCUT2D eigenvalue weighted by Crippen LogP contribution is 2.43. The Morgan fingerprint density at radius 3 is 2.61 bits per heavy atom. The lowest BCUT2D eigenvalue weighted by atomic mass is 9.74. The molecule has 1 aromatic carbocycles. The number of aryl methyl sites for hydroxylation is 1. The maximum atomic E-state index is 12.4. The van der Waals surface area contributed by atoms with Crippen LogP contribution in [0, 0.1) is 5.92 Å². The van der Waals surface area contributed by atoms with E-state index in [9.17, 15) is 4.79 Å². The van der Waals surface area contributed by atoms with E-state index < -0.39 is 0 Å². The molecule has 0 radical (unpaired) electrons. The lowest BCUT2D eigenvalue weighted by molar-refractivity contribution is -0.00222. The SMILES string of the molecule is CC(C)c1ccc(NC(=O)OC[C@H]2C[C@H]3CCN2C[C@@H]3c2cc(C3CCCC3)nn2C)cc1. The maximum Gasteiger partial charge on any atom is 0.411 e. The van der Waals surface area contributed by atoms with E-state index in [2.05, 4.69) is 54.0 Å². The molecule has 4 fully saturated rings. The molecule has 3 saturated heterocycles. The van der Waals surface area contributed by atoms with Gasteiger partial charge in [-0.05, 0) is 67.8 Å². The minimum Gasteiger partial charge on any atom is -0.448 e. The van der Waals surface area contributed by atoms with Crippen molar-refractivity contribution in [1.82, 2.24) is 14.7 Å². The monoisotopic (exact) mass is 450 g/mol. The van der Waals surface area contributed by atoms with Gasteiger partial charge >= 0.3 is 6.09 Å². The number of hydrogen-bond donors (Lipinski definition) is 1. The van der Waals surface area contributed by atoms with Gasteiger partial charge in [-0.15, -0.1) is 0 Å². The Balaban J connectivity index is 1.15. The fourth-order valence-corrected chi connectivity index (χ4v) is 6.20. The summed E-state index contributed by atoms with van der Waals surface area (Å²) in [5.41, 5.74) is 4.75. The van der Waals surface area contributed by atoms with Crippen LogP contribution in [0.1, 0.15) is 87.1 Å². The van der Waals surface area contributed by atoms with Crippen LogP contribution in [0.15, 0.2) is 30.3 Å². The maximum absolute atomic E-state index is 12.4. The number of carbonyl (C=O) groups is 1. The Morgan fingerprint density at radius 2 is 1.94 bits per heavy atom. The van der Waals surface area contributed by atoms with Gasteiger partial charge in [0.25, 0.3) is 0 Å². The van der Waals surface area contributed by atoms with E-state index in [1.54, 1.807) is 0 Å². The van der Waals surface area contributed by atoms with Crippen LogP contribution in [0.3, 0.4) is 0 Å². The van der Waals surface area contributed by atoms with Crippen LogP contribution < -0.4 is 5.32 Å². The Bertz CT molecular complexity index is 961. The Labute approximate surface area is 197 Å². The molecule has 1 N–H and O–H groups in total. The third-order valence-electron chi connectivity index (χ3n) is 8.20. The Hall–Kier alpha value is -2.34. The molecule has 1 unspecified atom stereocenters. The van der Waals surface area contributed by atoms with Gasteiger partial charge in [-0.2, -0.15) is 5.10 Å². The molecule has 1 saturated carbocycles. The molecular weight excluding hydrogens is 412 g/mol. The standard InChI is InChI=1S/C27H38N4O2/c1-18(2)19-8-10-22(11-9-19)28-27(32)33-17-23-14-21-12-13-31(23)16-24(21)26-15-25(29-30(26)3)20-6-4-5-7-20/h8-11,15,18,20-21,23-24H,4-7,12-14,16-17H2,1-3H3,(H,28,32)/t21-,23-,24+/m1/s1. The number of anilines is 1. The van der Waals surface area contributed by atoms with Crippen LogP contribution in [-0.2, 0) is 11.8 Å². The van der Waals surface area contributed by atoms with Crippen molar-refractivity contribution in [2.75, 3.05) is 25.0 Å². The lowest BCUT2D eigenvalue weighted by Crippen LogP contribution is -2.54. The number of carbonyl (C=O) groups excluding carboxylic acids is 1. The number of hydrogen-bond acceptors (Lipinski definition) is 4. The van der Waals surface area contributed by atoms with Crippen molar-refractivity contribution >= 4 is 11.8 Å². The first-order chi connectivity index (χ1) is 16.0. The molecule has 178 valence electrons. The number of piperidine rings is 3. The summed E-state index contributed by atoms with van der Waals surface area (Å²) in [4.78, 5) is 14.9. The minimum absolute atomic E-state index is 0.316. The average molecular weight is 451 g/mol. The van der Waals surface area contributed by atoms with Crippen molar-refractivity contribution in [3.05, 3.63) is 47.3 Å². The summed E-state index contributed by atoms with van der Waals surface area (Å²) >= 11 is 0. The summed E-state index contributed by atoms with van der Waals surface area (Å²) in [6, 6.07) is 10.7. The Morgan fingerprint density at radius 1 is 1.18 bits per heavy atom. The van der Waals surface area contributed by atoms with E-state index >= 15 is 0 Å². The molecule has 2 aromatic rings. The van der Waals surface area contributed by atoms with Crippen molar-refractivity contribution < 1.29 is 9.53 Å². The normalized spacial score (nSPS) is 27.3. The van der Waals surface area contributed by atoms with Gasteiger partial charge in [0.05, 0.1) is 5.69 Å². The number of benzene rings is 1. The second kappa shape index (κ2) is 9.49. The largest absolute Gasteiger partial charge is 0.448 e. The van der Waals surface area contributed by atoms with Gasteiger partial charge in [-0.1, -0.05) is 38.8 Å². The molecular formula is C27H38N4O2. The number of fused-ring (bicyclic) bond motifs is 3. The molecule has 4 heterocycles. The predicted octanol–water partition coefficient (Wildman–Crippen LogP) is 5.63. The van der Waals surface area contributed by atoms with Crippen LogP contribution in [-0.4, -0.2) is 46.5 Å². The second-order valence-corrected chi connectivity index (χ2v) is 10.6. The summed E-state index contributed by atoms with van der Waals surface area (Å²) in [6.07, 6.45) is 7.22. The van der Waals surface area contributed by atoms with Gasteiger partial charge in [0.15, 0.2) is 0 Å². The summed E-state index contributed by atoms with van der Waals surface area (Å²) < 4.78 is 7.79. The zero-order chi connectivity index (χ0) is 22.9. The molecule has 3 aliphatic heterocycles. The smallest absolute Gasteiger partial charge is 0.411 e. The first kappa shape index (κ1) is 22.5. The highest BCUT2D eigenvalue weighted by molar-refractivity contribution is 5.84. The zero-order valence-electron chi connectivity index (χ0n) is 20.3. The summed E-state index contributed by atoms with van der Waals surface area (Å²) in [5, 5.41) is 7.78. The van der Waals surface area contributed by atoms with Gasteiger partial charge in [-0.25, -0.2) is 4.79 Å². The highest BCUT2D eigenvalue weighted by Gasteiger charge is 2.42. The molecule has 6 rings (SSSR count). The average Bonchev–Trinajstić information content (AvgIpc) is 3.48. The van der Waals surface area contributed by atoms with E-state index in [1.807, 2.05) is 12.1 Å². The van der Waals surface area contributed by atoms with Crippen LogP contribution in [0.25, 0.3) is 0 Å². The molecule has 6 heteroatoms. The molecule has 4 atom stereocenters. The van der Waals surface area contributed by atoms with Gasteiger partial charge < -0.3 is 4.74 Å². The fourth-order valence-electron chi connectivity index (χ4n) is 6.20. The minimum atomic E-state index is -0.362. The third kappa shape index (κ3) is 4.81. The lowest BCUT2D eigenvalue weighted by Gasteiger charge is -2.49. The predicted molar refractivity (Wildman–Crippen MR) is 131 cm³/mol. The summed E-state index contributed by atoms with van der Waals surface area (Å²) in [6.45, 7) is 6.92. The molecule has 1 aromatic heterocycles. The number of rotatable bonds is 6. The number of nitrogens with zero attached hydrogens (tertiary/aromatic N) is 3. The fraction of sp³-hybridized carbons (Fsp3) is 0.630. The van der Waals surface area contributed by atoms with Crippen molar-refractivity contribution in [2.45, 2.75) is 76.2 Å². The topological polar surface area (TPSA) is 59.4 Å². The Kier molecular flexibility index (Phi) is 6.46. The van der Waals surface area contributed by atoms with Crippen molar-refractivity contribution in [2.24, 2.45) is 13.0 Å². The number of ether oxygens (including phenoxy) is 1. The van der Waals surface area contributed by atoms with Gasteiger partial charge in [0.2, 0.25) is 0 Å². The van der Waals surface area contributed by atoms with E-state index in [0.717, 1.165) is 25.2 Å². The van der Waals surface area contributed by atoms with Crippen LogP contribution in [0.4, 0.5) is 10.5 Å². The van der Waals surface area contributed by atoms with Crippen LogP contribution >= 0.6 is 0 Å². The molecule has 33 heavy (non-hydrogen) atoms. The molecule has 6 nitrogen and oxygen atoms in total. The highest BCUT2D eigenvalue weighted by atomic mass is 16.5. The van der Waals surface area contributed by atoms with E-state index in [1.165, 1.54) is 49.1 Å². The quantitative estimate of drug-likeness (QED) is 0.620. The summed E-state index contributed by atoms with van der Waals surface area (Å²) in [5.74, 6) is 2.32. The van der Waals surface area contributed by atoms with E-state index in [0.29, 0.717) is 36.3 Å². The number of amides is 1. The van der Waals surface area contributed by atoms with Crippen molar-refractivity contribution in [3.63, 3.8) is 0 Å². The zero-order valence-corrected chi connectivity index (χ0v) is 20.3. The van der Waals surface area contributed by atoms with Crippen molar-refractivity contribution in [1.29, 1.82) is 0 Å². The second-order valence-electron chi connectivity index (χ2n) is 10.6. The molecule has 4 aliphatic rings. The van der Waals surface area contributed by atoms with Crippen LogP contribution in [0.5, 0.6) is 0 Å².